The first-order chi connectivity index (χ1) is 12.5. The topological polar surface area (TPSA) is 43.7 Å². The molecule has 1 heterocycles. The summed E-state index contributed by atoms with van der Waals surface area (Å²) in [4.78, 5) is 2.39. The Hall–Kier alpha value is -2.94. The van der Waals surface area contributed by atoms with Gasteiger partial charge in [0.1, 0.15) is 11.5 Å². The zero-order chi connectivity index (χ0) is 18.3. The number of phenolic OH excluding ortho intramolecular Hbond substituents is 2. The molecule has 26 heavy (non-hydrogen) atoms. The summed E-state index contributed by atoms with van der Waals surface area (Å²) in [5.41, 5.74) is 7.31. The molecule has 0 saturated heterocycles. The Balaban J connectivity index is 1.88. The van der Waals surface area contributed by atoms with E-state index >= 15 is 0 Å². The SMILES string of the molecule is Cc1ccc(C2c3ccc(O)cc3CCN2c2ccc(O)cc2)c(C)c1. The first-order valence-corrected chi connectivity index (χ1v) is 8.97. The van der Waals surface area contributed by atoms with E-state index in [1.165, 1.54) is 27.8 Å². The number of phenols is 2. The van der Waals surface area contributed by atoms with Crippen LogP contribution < -0.4 is 4.90 Å². The molecule has 0 aliphatic carbocycles. The average Bonchev–Trinajstić information content (AvgIpc) is 2.62. The monoisotopic (exact) mass is 345 g/mol. The predicted molar refractivity (Wildman–Crippen MR) is 105 cm³/mol. The number of hydrogen-bond acceptors (Lipinski definition) is 3. The normalized spacial score (nSPS) is 16.4. The molecule has 0 saturated carbocycles. The predicted octanol–water partition coefficient (Wildman–Crippen LogP) is 4.87. The van der Waals surface area contributed by atoms with Crippen LogP contribution in [0.2, 0.25) is 0 Å². The summed E-state index contributed by atoms with van der Waals surface area (Å²) >= 11 is 0. The largest absolute Gasteiger partial charge is 0.508 e. The number of aromatic hydroxyl groups is 2. The van der Waals surface area contributed by atoms with E-state index < -0.39 is 0 Å². The first kappa shape index (κ1) is 16.5. The molecular formula is C23H23NO2. The summed E-state index contributed by atoms with van der Waals surface area (Å²) in [5, 5.41) is 19.6. The molecule has 132 valence electrons. The Kier molecular flexibility index (Phi) is 4.08. The number of benzene rings is 3. The average molecular weight is 345 g/mol. The Morgan fingerprint density at radius 2 is 1.50 bits per heavy atom. The molecule has 0 fully saturated rings. The van der Waals surface area contributed by atoms with Crippen LogP contribution in [-0.4, -0.2) is 16.8 Å². The van der Waals surface area contributed by atoms with Crippen molar-refractivity contribution in [3.8, 4) is 11.5 Å². The molecule has 2 N–H and O–H groups in total. The van der Waals surface area contributed by atoms with Crippen LogP contribution in [-0.2, 0) is 6.42 Å². The van der Waals surface area contributed by atoms with Crippen molar-refractivity contribution < 1.29 is 10.2 Å². The van der Waals surface area contributed by atoms with Gasteiger partial charge in [0, 0.05) is 12.2 Å². The third kappa shape index (κ3) is 2.90. The summed E-state index contributed by atoms with van der Waals surface area (Å²) in [6.07, 6.45) is 0.881. The third-order valence-corrected chi connectivity index (χ3v) is 5.26. The van der Waals surface area contributed by atoms with Gasteiger partial charge in [0.15, 0.2) is 0 Å². The van der Waals surface area contributed by atoms with Gasteiger partial charge < -0.3 is 15.1 Å². The van der Waals surface area contributed by atoms with Crippen LogP contribution in [0.3, 0.4) is 0 Å². The molecule has 0 bridgehead atoms. The van der Waals surface area contributed by atoms with E-state index in [0.29, 0.717) is 5.75 Å². The molecular weight excluding hydrogens is 322 g/mol. The highest BCUT2D eigenvalue weighted by atomic mass is 16.3. The highest BCUT2D eigenvalue weighted by molar-refractivity contribution is 5.58. The van der Waals surface area contributed by atoms with Crippen molar-refractivity contribution in [1.29, 1.82) is 0 Å². The van der Waals surface area contributed by atoms with E-state index in [4.69, 9.17) is 0 Å². The lowest BCUT2D eigenvalue weighted by molar-refractivity contribution is 0.472. The minimum Gasteiger partial charge on any atom is -0.508 e. The van der Waals surface area contributed by atoms with Crippen molar-refractivity contribution >= 4 is 5.69 Å². The van der Waals surface area contributed by atoms with E-state index in [2.05, 4.69) is 36.9 Å². The van der Waals surface area contributed by atoms with Crippen molar-refractivity contribution in [3.63, 3.8) is 0 Å². The standard InChI is InChI=1S/C23H23NO2/c1-15-3-9-21(16(2)13-15)23-22-10-8-20(26)14-17(22)11-12-24(23)18-4-6-19(25)7-5-18/h3-10,13-14,23,25-26H,11-12H2,1-2H3. The maximum atomic E-state index is 9.91. The lowest BCUT2D eigenvalue weighted by atomic mass is 9.85. The Morgan fingerprint density at radius 1 is 0.808 bits per heavy atom. The van der Waals surface area contributed by atoms with Gasteiger partial charge in [-0.05, 0) is 78.9 Å². The molecule has 3 nitrogen and oxygen atoms in total. The van der Waals surface area contributed by atoms with Crippen molar-refractivity contribution in [2.24, 2.45) is 0 Å². The minimum absolute atomic E-state index is 0.0875. The van der Waals surface area contributed by atoms with E-state index in [1.807, 2.05) is 24.3 Å². The van der Waals surface area contributed by atoms with Gasteiger partial charge >= 0.3 is 0 Å². The second-order valence-electron chi connectivity index (χ2n) is 7.11. The number of nitrogens with zero attached hydrogens (tertiary/aromatic N) is 1. The van der Waals surface area contributed by atoms with Crippen LogP contribution in [0.5, 0.6) is 11.5 Å². The first-order valence-electron chi connectivity index (χ1n) is 8.97. The number of anilines is 1. The fraction of sp³-hybridized carbons (Fsp3) is 0.217. The second-order valence-corrected chi connectivity index (χ2v) is 7.11. The Bertz CT molecular complexity index is 947. The maximum absolute atomic E-state index is 9.91. The fourth-order valence-corrected chi connectivity index (χ4v) is 4.00. The third-order valence-electron chi connectivity index (χ3n) is 5.26. The minimum atomic E-state index is 0.0875. The van der Waals surface area contributed by atoms with Crippen molar-refractivity contribution in [1.82, 2.24) is 0 Å². The molecule has 1 atom stereocenters. The molecule has 1 aliphatic heterocycles. The summed E-state index contributed by atoms with van der Waals surface area (Å²) in [6, 6.07) is 19.8. The number of hydrogen-bond donors (Lipinski definition) is 2. The molecule has 0 spiro atoms. The maximum Gasteiger partial charge on any atom is 0.115 e. The summed E-state index contributed by atoms with van der Waals surface area (Å²) in [6.45, 7) is 5.13. The van der Waals surface area contributed by atoms with Gasteiger partial charge in [-0.15, -0.1) is 0 Å². The Labute approximate surface area is 154 Å². The van der Waals surface area contributed by atoms with Gasteiger partial charge in [-0.2, -0.15) is 0 Å². The molecule has 0 aromatic heterocycles. The molecule has 1 unspecified atom stereocenters. The molecule has 0 amide bonds. The quantitative estimate of drug-likeness (QED) is 0.696. The van der Waals surface area contributed by atoms with Crippen LogP contribution in [0.25, 0.3) is 0 Å². The van der Waals surface area contributed by atoms with Gasteiger partial charge in [0.05, 0.1) is 6.04 Å². The van der Waals surface area contributed by atoms with Crippen molar-refractivity contribution in [2.45, 2.75) is 26.3 Å². The van der Waals surface area contributed by atoms with Gasteiger partial charge in [-0.3, -0.25) is 0 Å². The second kappa shape index (κ2) is 6.41. The van der Waals surface area contributed by atoms with Gasteiger partial charge in [-0.25, -0.2) is 0 Å². The van der Waals surface area contributed by atoms with Crippen molar-refractivity contribution in [3.05, 3.63) is 88.5 Å². The zero-order valence-electron chi connectivity index (χ0n) is 15.1. The summed E-state index contributed by atoms with van der Waals surface area (Å²) < 4.78 is 0. The van der Waals surface area contributed by atoms with Gasteiger partial charge in [0.25, 0.3) is 0 Å². The smallest absolute Gasteiger partial charge is 0.115 e. The zero-order valence-corrected chi connectivity index (χ0v) is 15.1. The van der Waals surface area contributed by atoms with Gasteiger partial charge in [0.2, 0.25) is 0 Å². The fourth-order valence-electron chi connectivity index (χ4n) is 4.00. The van der Waals surface area contributed by atoms with E-state index in [-0.39, 0.29) is 11.8 Å². The van der Waals surface area contributed by atoms with Crippen LogP contribution in [0.15, 0.2) is 60.7 Å². The summed E-state index contributed by atoms with van der Waals surface area (Å²) in [5.74, 6) is 0.598. The lowest BCUT2D eigenvalue weighted by Crippen LogP contribution is -2.36. The van der Waals surface area contributed by atoms with Crippen LogP contribution >= 0.6 is 0 Å². The van der Waals surface area contributed by atoms with E-state index in [0.717, 1.165) is 18.7 Å². The van der Waals surface area contributed by atoms with Crippen LogP contribution in [0.4, 0.5) is 5.69 Å². The van der Waals surface area contributed by atoms with E-state index in [9.17, 15) is 10.2 Å². The molecule has 3 heteroatoms. The molecule has 3 aromatic rings. The van der Waals surface area contributed by atoms with Crippen LogP contribution in [0.1, 0.15) is 33.9 Å². The number of rotatable bonds is 2. The van der Waals surface area contributed by atoms with Crippen molar-refractivity contribution in [2.75, 3.05) is 11.4 Å². The van der Waals surface area contributed by atoms with E-state index in [1.54, 1.807) is 18.2 Å². The molecule has 4 rings (SSSR count). The summed E-state index contributed by atoms with van der Waals surface area (Å²) in [7, 11) is 0. The molecule has 0 radical (unpaired) electrons. The molecule has 3 aromatic carbocycles. The highest BCUT2D eigenvalue weighted by Crippen LogP contribution is 2.40. The van der Waals surface area contributed by atoms with Crippen LogP contribution in [0, 0.1) is 13.8 Å². The Morgan fingerprint density at radius 3 is 2.23 bits per heavy atom. The lowest BCUT2D eigenvalue weighted by Gasteiger charge is -2.40. The number of fused-ring (bicyclic) bond motifs is 1. The van der Waals surface area contributed by atoms with Gasteiger partial charge in [-0.1, -0.05) is 29.8 Å². The highest BCUT2D eigenvalue weighted by Gasteiger charge is 2.30. The molecule has 1 aliphatic rings. The number of aryl methyl sites for hydroxylation is 2.